The van der Waals surface area contributed by atoms with E-state index in [4.69, 9.17) is 5.73 Å². The Balaban J connectivity index is 2.49. The van der Waals surface area contributed by atoms with Crippen LogP contribution < -0.4 is 5.73 Å². The Hall–Kier alpha value is -1.01. The van der Waals surface area contributed by atoms with E-state index in [-0.39, 0.29) is 12.4 Å². The summed E-state index contributed by atoms with van der Waals surface area (Å²) >= 11 is 1.21. The van der Waals surface area contributed by atoms with E-state index < -0.39 is 6.04 Å². The van der Waals surface area contributed by atoms with Gasteiger partial charge in [0.1, 0.15) is 0 Å². The summed E-state index contributed by atoms with van der Waals surface area (Å²) in [5.74, 6) is -0.337. The molecular formula is C6H9N3O2S. The lowest BCUT2D eigenvalue weighted by molar-refractivity contribution is -0.141. The van der Waals surface area contributed by atoms with Crippen LogP contribution in [0.4, 0.5) is 0 Å². The number of rotatable bonds is 3. The molecule has 0 saturated heterocycles. The maximum absolute atomic E-state index is 10.8. The minimum atomic E-state index is -0.406. The van der Waals surface area contributed by atoms with Crippen molar-refractivity contribution in [3.63, 3.8) is 0 Å². The van der Waals surface area contributed by atoms with E-state index in [2.05, 4.69) is 14.3 Å². The fraction of sp³-hybridized carbons (Fsp3) is 0.500. The summed E-state index contributed by atoms with van der Waals surface area (Å²) in [5, 5.41) is 5.46. The van der Waals surface area contributed by atoms with Gasteiger partial charge in [-0.15, -0.1) is 5.10 Å². The Morgan fingerprint density at radius 1 is 1.92 bits per heavy atom. The SMILES string of the molecule is COC(=O)C[C@H](N)c1csnn1. The lowest BCUT2D eigenvalue weighted by atomic mass is 10.2. The van der Waals surface area contributed by atoms with Gasteiger partial charge < -0.3 is 10.5 Å². The second-order valence-corrected chi connectivity index (χ2v) is 2.83. The molecule has 0 fully saturated rings. The monoisotopic (exact) mass is 187 g/mol. The van der Waals surface area contributed by atoms with E-state index in [0.29, 0.717) is 5.69 Å². The molecule has 0 spiro atoms. The molecule has 0 bridgehead atoms. The van der Waals surface area contributed by atoms with Crippen molar-refractivity contribution < 1.29 is 9.53 Å². The molecule has 2 N–H and O–H groups in total. The number of aromatic nitrogens is 2. The van der Waals surface area contributed by atoms with E-state index in [1.807, 2.05) is 0 Å². The molecule has 0 aliphatic carbocycles. The van der Waals surface area contributed by atoms with Crippen LogP contribution in [0.3, 0.4) is 0 Å². The van der Waals surface area contributed by atoms with Crippen LogP contribution in [0.25, 0.3) is 0 Å². The highest BCUT2D eigenvalue weighted by Crippen LogP contribution is 2.11. The van der Waals surface area contributed by atoms with E-state index in [1.54, 1.807) is 5.38 Å². The molecule has 0 unspecified atom stereocenters. The Kier molecular flexibility index (Phi) is 3.12. The molecule has 1 atom stereocenters. The molecule has 1 heterocycles. The molecule has 0 aliphatic rings. The molecule has 1 aromatic heterocycles. The van der Waals surface area contributed by atoms with Gasteiger partial charge >= 0.3 is 5.97 Å². The van der Waals surface area contributed by atoms with Gasteiger partial charge in [-0.25, -0.2) is 0 Å². The number of nitrogens with two attached hydrogens (primary N) is 1. The van der Waals surface area contributed by atoms with Crippen molar-refractivity contribution in [2.45, 2.75) is 12.5 Å². The number of hydrogen-bond acceptors (Lipinski definition) is 6. The number of carbonyl (C=O) groups excluding carboxylic acids is 1. The Labute approximate surface area is 73.7 Å². The lowest BCUT2D eigenvalue weighted by Gasteiger charge is -2.04. The minimum absolute atomic E-state index is 0.141. The summed E-state index contributed by atoms with van der Waals surface area (Å²) < 4.78 is 8.09. The van der Waals surface area contributed by atoms with Crippen molar-refractivity contribution in [2.24, 2.45) is 5.73 Å². The largest absolute Gasteiger partial charge is 0.469 e. The predicted octanol–water partition coefficient (Wildman–Crippen LogP) is 0.101. The molecule has 0 aliphatic heterocycles. The Morgan fingerprint density at radius 3 is 3.17 bits per heavy atom. The third-order valence-corrected chi connectivity index (χ3v) is 1.89. The van der Waals surface area contributed by atoms with Crippen LogP contribution in [-0.2, 0) is 9.53 Å². The number of methoxy groups -OCH3 is 1. The zero-order chi connectivity index (χ0) is 8.97. The van der Waals surface area contributed by atoms with E-state index >= 15 is 0 Å². The van der Waals surface area contributed by atoms with Crippen LogP contribution in [0, 0.1) is 0 Å². The molecule has 1 rings (SSSR count). The molecular weight excluding hydrogens is 178 g/mol. The van der Waals surface area contributed by atoms with Crippen molar-refractivity contribution >= 4 is 17.5 Å². The standard InChI is InChI=1S/C6H9N3O2S/c1-11-6(10)2-4(7)5-3-12-9-8-5/h3-4H,2,7H2,1H3/t4-/m0/s1. The van der Waals surface area contributed by atoms with Crippen molar-refractivity contribution in [3.05, 3.63) is 11.1 Å². The summed E-state index contributed by atoms with van der Waals surface area (Å²) in [5.41, 5.74) is 6.25. The molecule has 0 saturated carbocycles. The Morgan fingerprint density at radius 2 is 2.67 bits per heavy atom. The fourth-order valence-electron chi connectivity index (χ4n) is 0.701. The van der Waals surface area contributed by atoms with Crippen LogP contribution in [0.5, 0.6) is 0 Å². The zero-order valence-corrected chi connectivity index (χ0v) is 7.37. The van der Waals surface area contributed by atoms with Crippen LogP contribution in [0.15, 0.2) is 5.38 Å². The average molecular weight is 187 g/mol. The van der Waals surface area contributed by atoms with Gasteiger partial charge in [-0.3, -0.25) is 4.79 Å². The minimum Gasteiger partial charge on any atom is -0.469 e. The van der Waals surface area contributed by atoms with Gasteiger partial charge in [0, 0.05) is 5.38 Å². The first-order valence-electron chi connectivity index (χ1n) is 3.33. The first-order chi connectivity index (χ1) is 5.74. The number of hydrogen-bond donors (Lipinski definition) is 1. The molecule has 12 heavy (non-hydrogen) atoms. The fourth-order valence-corrected chi connectivity index (χ4v) is 1.22. The summed E-state index contributed by atoms with van der Waals surface area (Å²) in [7, 11) is 1.33. The summed E-state index contributed by atoms with van der Waals surface area (Å²) in [6.45, 7) is 0. The topological polar surface area (TPSA) is 78.1 Å². The van der Waals surface area contributed by atoms with Crippen molar-refractivity contribution in [3.8, 4) is 0 Å². The van der Waals surface area contributed by atoms with Crippen LogP contribution >= 0.6 is 11.5 Å². The second kappa shape index (κ2) is 4.13. The van der Waals surface area contributed by atoms with Gasteiger partial charge in [0.2, 0.25) is 0 Å². The summed E-state index contributed by atoms with van der Waals surface area (Å²) in [6, 6.07) is -0.406. The van der Waals surface area contributed by atoms with Gasteiger partial charge in [0.25, 0.3) is 0 Å². The van der Waals surface area contributed by atoms with Gasteiger partial charge in [-0.1, -0.05) is 4.49 Å². The van der Waals surface area contributed by atoms with E-state index in [0.717, 1.165) is 0 Å². The normalized spacial score (nSPS) is 12.5. The average Bonchev–Trinajstić information content (AvgIpc) is 2.56. The highest BCUT2D eigenvalue weighted by Gasteiger charge is 2.13. The maximum Gasteiger partial charge on any atom is 0.307 e. The third kappa shape index (κ3) is 2.24. The summed E-state index contributed by atoms with van der Waals surface area (Å²) in [6.07, 6.45) is 0.141. The van der Waals surface area contributed by atoms with Crippen LogP contribution in [0.2, 0.25) is 0 Å². The van der Waals surface area contributed by atoms with Crippen molar-refractivity contribution in [1.82, 2.24) is 9.59 Å². The highest BCUT2D eigenvalue weighted by molar-refractivity contribution is 7.03. The third-order valence-electron chi connectivity index (χ3n) is 1.37. The quantitative estimate of drug-likeness (QED) is 0.679. The zero-order valence-electron chi connectivity index (χ0n) is 6.56. The molecule has 1 aromatic rings. The highest BCUT2D eigenvalue weighted by atomic mass is 32.1. The molecule has 5 nitrogen and oxygen atoms in total. The first-order valence-corrected chi connectivity index (χ1v) is 4.17. The number of esters is 1. The molecule has 0 aromatic carbocycles. The lowest BCUT2D eigenvalue weighted by Crippen LogP contribution is -2.16. The van der Waals surface area contributed by atoms with E-state index in [1.165, 1.54) is 18.6 Å². The van der Waals surface area contributed by atoms with Crippen molar-refractivity contribution in [2.75, 3.05) is 7.11 Å². The predicted molar refractivity (Wildman–Crippen MR) is 43.5 cm³/mol. The van der Waals surface area contributed by atoms with Gasteiger partial charge in [0.15, 0.2) is 0 Å². The molecule has 6 heteroatoms. The molecule has 0 radical (unpaired) electrons. The van der Waals surface area contributed by atoms with Crippen LogP contribution in [0.1, 0.15) is 18.2 Å². The second-order valence-electron chi connectivity index (χ2n) is 2.22. The first kappa shape index (κ1) is 9.08. The van der Waals surface area contributed by atoms with Gasteiger partial charge in [-0.05, 0) is 11.5 Å². The number of carbonyl (C=O) groups is 1. The van der Waals surface area contributed by atoms with E-state index in [9.17, 15) is 4.79 Å². The number of ether oxygens (including phenoxy) is 1. The van der Waals surface area contributed by atoms with Gasteiger partial charge in [0.05, 0.1) is 25.3 Å². The smallest absolute Gasteiger partial charge is 0.307 e. The van der Waals surface area contributed by atoms with Crippen molar-refractivity contribution in [1.29, 1.82) is 0 Å². The molecule has 0 amide bonds. The Bertz CT molecular complexity index is 249. The van der Waals surface area contributed by atoms with Gasteiger partial charge in [-0.2, -0.15) is 0 Å². The number of nitrogens with zero attached hydrogens (tertiary/aromatic N) is 2. The maximum atomic E-state index is 10.8. The van der Waals surface area contributed by atoms with Crippen LogP contribution in [-0.4, -0.2) is 22.7 Å². The summed E-state index contributed by atoms with van der Waals surface area (Å²) in [4.78, 5) is 10.8. The molecule has 66 valence electrons.